The van der Waals surface area contributed by atoms with Gasteiger partial charge in [0.1, 0.15) is 5.70 Å². The van der Waals surface area contributed by atoms with Gasteiger partial charge in [-0.3, -0.25) is 24.5 Å². The highest BCUT2D eigenvalue weighted by Crippen LogP contribution is 2.27. The lowest BCUT2D eigenvalue weighted by Gasteiger charge is -2.15. The molecule has 0 aliphatic carbocycles. The number of hydrogen-bond acceptors (Lipinski definition) is 6. The second-order valence-electron chi connectivity index (χ2n) is 9.24. The molecule has 3 N–H and O–H groups in total. The van der Waals surface area contributed by atoms with E-state index >= 15 is 0 Å². The molecule has 3 amide bonds. The normalized spacial score (nSPS) is 11.7. The van der Waals surface area contributed by atoms with Gasteiger partial charge < -0.3 is 16.0 Å². The van der Waals surface area contributed by atoms with Crippen LogP contribution in [0, 0.1) is 17.0 Å². The quantitative estimate of drug-likeness (QED) is 0.0857. The van der Waals surface area contributed by atoms with E-state index in [1.165, 1.54) is 36.0 Å². The molecule has 0 heterocycles. The second kappa shape index (κ2) is 13.9. The first-order valence-electron chi connectivity index (χ1n) is 13.0. The molecule has 0 aromatic heterocycles. The van der Waals surface area contributed by atoms with Crippen molar-refractivity contribution in [3.05, 3.63) is 136 Å². The number of thioether (sulfide) groups is 1. The summed E-state index contributed by atoms with van der Waals surface area (Å²) < 4.78 is 0. The third kappa shape index (κ3) is 7.92. The Morgan fingerprint density at radius 3 is 2.29 bits per heavy atom. The molecule has 1 unspecified atom stereocenters. The molecule has 212 valence electrons. The van der Waals surface area contributed by atoms with Crippen molar-refractivity contribution in [1.82, 2.24) is 5.32 Å². The second-order valence-corrected chi connectivity index (χ2v) is 10.7. The average molecular weight is 581 g/mol. The van der Waals surface area contributed by atoms with Gasteiger partial charge in [-0.15, -0.1) is 11.8 Å². The van der Waals surface area contributed by atoms with Crippen LogP contribution in [-0.2, 0) is 9.59 Å². The summed E-state index contributed by atoms with van der Waals surface area (Å²) in [6.45, 7) is 3.71. The Morgan fingerprint density at radius 2 is 1.55 bits per heavy atom. The van der Waals surface area contributed by atoms with Crippen LogP contribution in [-0.4, -0.2) is 27.9 Å². The Bertz CT molecular complexity index is 1660. The van der Waals surface area contributed by atoms with Crippen LogP contribution < -0.4 is 16.0 Å². The highest BCUT2D eigenvalue weighted by molar-refractivity contribution is 8.00. The number of aryl methyl sites for hydroxylation is 1. The van der Waals surface area contributed by atoms with Crippen molar-refractivity contribution < 1.29 is 19.3 Å². The van der Waals surface area contributed by atoms with Crippen LogP contribution in [0.4, 0.5) is 17.1 Å². The predicted molar refractivity (Wildman–Crippen MR) is 165 cm³/mol. The molecule has 0 saturated heterocycles. The fraction of sp³-hybridized carbons (Fsp3) is 0.0938. The Hall–Kier alpha value is -5.22. The van der Waals surface area contributed by atoms with Crippen molar-refractivity contribution in [1.29, 1.82) is 0 Å². The zero-order chi connectivity index (χ0) is 30.1. The highest BCUT2D eigenvalue weighted by atomic mass is 32.2. The minimum absolute atomic E-state index is 0.152. The van der Waals surface area contributed by atoms with Gasteiger partial charge in [-0.05, 0) is 68.0 Å². The van der Waals surface area contributed by atoms with Crippen LogP contribution in [0.3, 0.4) is 0 Å². The van der Waals surface area contributed by atoms with Gasteiger partial charge in [0.25, 0.3) is 17.5 Å². The Kier molecular flexibility index (Phi) is 9.85. The lowest BCUT2D eigenvalue weighted by molar-refractivity contribution is -0.385. The van der Waals surface area contributed by atoms with Crippen molar-refractivity contribution >= 4 is 52.6 Å². The third-order valence-corrected chi connectivity index (χ3v) is 7.23. The number of carbonyl (C=O) groups is 3. The summed E-state index contributed by atoms with van der Waals surface area (Å²) in [5, 5.41) is 19.4. The van der Waals surface area contributed by atoms with Crippen LogP contribution in [0.1, 0.15) is 28.4 Å². The number of rotatable bonds is 10. The van der Waals surface area contributed by atoms with Crippen molar-refractivity contribution in [2.75, 3.05) is 10.6 Å². The highest BCUT2D eigenvalue weighted by Gasteiger charge is 2.19. The van der Waals surface area contributed by atoms with Crippen LogP contribution in [0.15, 0.2) is 114 Å². The van der Waals surface area contributed by atoms with Gasteiger partial charge >= 0.3 is 0 Å². The average Bonchev–Trinajstić information content (AvgIpc) is 2.98. The lowest BCUT2D eigenvalue weighted by atomic mass is 10.1. The fourth-order valence-electron chi connectivity index (χ4n) is 3.92. The number of hydrogen-bond donors (Lipinski definition) is 3. The van der Waals surface area contributed by atoms with E-state index in [4.69, 9.17) is 0 Å². The minimum atomic E-state index is -0.676. The molecule has 42 heavy (non-hydrogen) atoms. The summed E-state index contributed by atoms with van der Waals surface area (Å²) in [6.07, 6.45) is 1.27. The van der Waals surface area contributed by atoms with Crippen LogP contribution >= 0.6 is 11.8 Å². The minimum Gasteiger partial charge on any atom is -0.325 e. The van der Waals surface area contributed by atoms with Gasteiger partial charge in [0.15, 0.2) is 0 Å². The van der Waals surface area contributed by atoms with Gasteiger partial charge in [-0.25, -0.2) is 0 Å². The summed E-state index contributed by atoms with van der Waals surface area (Å²) in [6, 6.07) is 28.7. The zero-order valence-corrected chi connectivity index (χ0v) is 23.7. The Balaban J connectivity index is 1.53. The maximum absolute atomic E-state index is 13.4. The number of benzene rings is 4. The largest absolute Gasteiger partial charge is 0.325 e. The molecule has 0 radical (unpaired) electrons. The summed E-state index contributed by atoms with van der Waals surface area (Å²) in [7, 11) is 0. The van der Waals surface area contributed by atoms with E-state index < -0.39 is 22.0 Å². The standard InChI is InChI=1S/C32H28N4O5S/c1-21-11-6-8-17-27(21)34-30(37)22(2)42-26-16-10-15-25(20-26)33-32(39)28(35-31(38)23-12-4-3-5-13-23)19-24-14-7-9-18-29(24)36(40)41/h3-20,22H,1-2H3,(H,33,39)(H,34,37)(H,35,38)/b28-19+. The molecular weight excluding hydrogens is 552 g/mol. The lowest BCUT2D eigenvalue weighted by Crippen LogP contribution is -2.30. The molecule has 0 spiro atoms. The zero-order valence-electron chi connectivity index (χ0n) is 22.9. The van der Waals surface area contributed by atoms with Gasteiger partial charge in [0, 0.05) is 27.9 Å². The molecule has 0 aliphatic heterocycles. The number of para-hydroxylation sites is 2. The van der Waals surface area contributed by atoms with Crippen molar-refractivity contribution in [2.45, 2.75) is 24.0 Å². The Morgan fingerprint density at radius 1 is 0.857 bits per heavy atom. The summed E-state index contributed by atoms with van der Waals surface area (Å²) in [5.74, 6) is -1.39. The van der Waals surface area contributed by atoms with E-state index in [0.29, 0.717) is 11.3 Å². The van der Waals surface area contributed by atoms with E-state index in [1.54, 1.807) is 61.5 Å². The van der Waals surface area contributed by atoms with Crippen LogP contribution in [0.2, 0.25) is 0 Å². The molecule has 4 aromatic carbocycles. The van der Waals surface area contributed by atoms with Crippen LogP contribution in [0.25, 0.3) is 6.08 Å². The monoisotopic (exact) mass is 580 g/mol. The molecule has 9 nitrogen and oxygen atoms in total. The molecule has 0 fully saturated rings. The van der Waals surface area contributed by atoms with E-state index in [1.807, 2.05) is 37.3 Å². The molecule has 1 atom stereocenters. The fourth-order valence-corrected chi connectivity index (χ4v) is 4.85. The number of nitro groups is 1. The molecule has 4 rings (SSSR count). The molecule has 4 aromatic rings. The maximum Gasteiger partial charge on any atom is 0.276 e. The number of amides is 3. The number of carbonyl (C=O) groups excluding carboxylic acids is 3. The number of nitrogens with one attached hydrogen (secondary N) is 3. The van der Waals surface area contributed by atoms with E-state index in [2.05, 4.69) is 16.0 Å². The molecule has 10 heteroatoms. The SMILES string of the molecule is Cc1ccccc1NC(=O)C(C)Sc1cccc(NC(=O)/C(=C\c2ccccc2[N+](=O)[O-])NC(=O)c2ccccc2)c1. The first kappa shape index (κ1) is 29.8. The first-order chi connectivity index (χ1) is 20.2. The van der Waals surface area contributed by atoms with Gasteiger partial charge in [-0.1, -0.05) is 54.6 Å². The molecule has 0 aliphatic rings. The topological polar surface area (TPSA) is 130 Å². The smallest absolute Gasteiger partial charge is 0.276 e. The number of anilines is 2. The van der Waals surface area contributed by atoms with Gasteiger partial charge in [0.2, 0.25) is 5.91 Å². The van der Waals surface area contributed by atoms with Gasteiger partial charge in [-0.2, -0.15) is 0 Å². The number of nitrogens with zero attached hydrogens (tertiary/aromatic N) is 1. The predicted octanol–water partition coefficient (Wildman–Crippen LogP) is 6.43. The maximum atomic E-state index is 13.4. The van der Waals surface area contributed by atoms with E-state index in [9.17, 15) is 24.5 Å². The van der Waals surface area contributed by atoms with Crippen LogP contribution in [0.5, 0.6) is 0 Å². The van der Waals surface area contributed by atoms with Crippen molar-refractivity contribution in [3.63, 3.8) is 0 Å². The first-order valence-corrected chi connectivity index (χ1v) is 13.9. The van der Waals surface area contributed by atoms with Crippen molar-refractivity contribution in [2.24, 2.45) is 0 Å². The Labute approximate surface area is 247 Å². The van der Waals surface area contributed by atoms with Gasteiger partial charge in [0.05, 0.1) is 15.7 Å². The van der Waals surface area contributed by atoms with E-state index in [0.717, 1.165) is 16.1 Å². The van der Waals surface area contributed by atoms with E-state index in [-0.39, 0.29) is 22.9 Å². The summed E-state index contributed by atoms with van der Waals surface area (Å²) in [4.78, 5) is 50.8. The summed E-state index contributed by atoms with van der Waals surface area (Å²) >= 11 is 1.32. The van der Waals surface area contributed by atoms with Crippen molar-refractivity contribution in [3.8, 4) is 0 Å². The molecular formula is C32H28N4O5S. The summed E-state index contributed by atoms with van der Waals surface area (Å²) in [5.41, 5.74) is 2.19. The molecule has 0 bridgehead atoms. The molecule has 0 saturated carbocycles. The number of nitro benzene ring substituents is 1. The third-order valence-electron chi connectivity index (χ3n) is 6.14.